The Bertz CT molecular complexity index is 678. The van der Waals surface area contributed by atoms with E-state index in [1.807, 2.05) is 0 Å². The maximum absolute atomic E-state index is 13.9. The molecule has 23 heavy (non-hydrogen) atoms. The number of aromatic nitrogens is 2. The number of carbonyl (C=O) groups excluding carboxylic acids is 1. The lowest BCUT2D eigenvalue weighted by Crippen LogP contribution is -2.38. The average molecular weight is 317 g/mol. The largest absolute Gasteiger partial charge is 0.396 e. The molecule has 0 atom stereocenters. The highest BCUT2D eigenvalue weighted by molar-refractivity contribution is 5.99. The molecule has 122 valence electrons. The SMILES string of the molecule is O=C(NC1CCC(CO)CC1)c1cn[nH]c1-c1ccccc1F. The average Bonchev–Trinajstić information content (AvgIpc) is 3.05. The summed E-state index contributed by atoms with van der Waals surface area (Å²) in [4.78, 5) is 12.5. The number of carbonyl (C=O) groups is 1. The summed E-state index contributed by atoms with van der Waals surface area (Å²) in [6.07, 6.45) is 4.95. The molecule has 1 aromatic carbocycles. The maximum Gasteiger partial charge on any atom is 0.255 e. The van der Waals surface area contributed by atoms with Crippen LogP contribution in [0.25, 0.3) is 11.3 Å². The van der Waals surface area contributed by atoms with Gasteiger partial charge in [-0.15, -0.1) is 0 Å². The van der Waals surface area contributed by atoms with Crippen LogP contribution in [0, 0.1) is 11.7 Å². The Morgan fingerprint density at radius 3 is 2.74 bits per heavy atom. The number of aliphatic hydroxyl groups is 1. The van der Waals surface area contributed by atoms with E-state index in [-0.39, 0.29) is 18.6 Å². The van der Waals surface area contributed by atoms with Gasteiger partial charge in [-0.3, -0.25) is 9.89 Å². The van der Waals surface area contributed by atoms with Crippen molar-refractivity contribution in [2.45, 2.75) is 31.7 Å². The summed E-state index contributed by atoms with van der Waals surface area (Å²) >= 11 is 0. The minimum Gasteiger partial charge on any atom is -0.396 e. The summed E-state index contributed by atoms with van der Waals surface area (Å²) in [6.45, 7) is 0.208. The highest BCUT2D eigenvalue weighted by Gasteiger charge is 2.24. The number of nitrogens with one attached hydrogen (secondary N) is 2. The van der Waals surface area contributed by atoms with E-state index in [2.05, 4.69) is 15.5 Å². The molecular weight excluding hydrogens is 297 g/mol. The van der Waals surface area contributed by atoms with E-state index in [1.165, 1.54) is 12.3 Å². The van der Waals surface area contributed by atoms with Gasteiger partial charge < -0.3 is 10.4 Å². The first-order chi connectivity index (χ1) is 11.2. The normalized spacial score (nSPS) is 21.1. The molecule has 0 spiro atoms. The zero-order chi connectivity index (χ0) is 16.2. The number of hydrogen-bond donors (Lipinski definition) is 3. The summed E-state index contributed by atoms with van der Waals surface area (Å²) in [5.74, 6) is -0.301. The van der Waals surface area contributed by atoms with Crippen LogP contribution in [-0.2, 0) is 0 Å². The molecule has 0 unspecified atom stereocenters. The summed E-state index contributed by atoms with van der Waals surface area (Å²) in [5.41, 5.74) is 1.07. The molecule has 1 fully saturated rings. The number of benzene rings is 1. The number of aromatic amines is 1. The van der Waals surface area contributed by atoms with E-state index in [0.29, 0.717) is 22.7 Å². The second-order valence-electron chi connectivity index (χ2n) is 6.01. The lowest BCUT2D eigenvalue weighted by atomic mass is 9.86. The standard InChI is InChI=1S/C17H20FN3O2/c18-15-4-2-1-3-13(15)16-14(9-19-21-16)17(23)20-12-7-5-11(10-22)6-8-12/h1-4,9,11-12,22H,5-8,10H2,(H,19,21)(H,20,23). The van der Waals surface area contributed by atoms with Crippen molar-refractivity contribution < 1.29 is 14.3 Å². The van der Waals surface area contributed by atoms with Gasteiger partial charge in [0.15, 0.2) is 0 Å². The molecule has 1 heterocycles. The molecule has 0 saturated heterocycles. The molecule has 1 amide bonds. The smallest absolute Gasteiger partial charge is 0.255 e. The molecule has 1 aliphatic carbocycles. The van der Waals surface area contributed by atoms with Crippen LogP contribution in [0.15, 0.2) is 30.5 Å². The molecule has 2 aromatic rings. The number of halogens is 1. The molecule has 0 radical (unpaired) electrons. The lowest BCUT2D eigenvalue weighted by Gasteiger charge is -2.27. The number of H-pyrrole nitrogens is 1. The van der Waals surface area contributed by atoms with Crippen LogP contribution in [0.4, 0.5) is 4.39 Å². The fourth-order valence-electron chi connectivity index (χ4n) is 3.08. The fourth-order valence-corrected chi connectivity index (χ4v) is 3.08. The third-order valence-electron chi connectivity index (χ3n) is 4.47. The highest BCUT2D eigenvalue weighted by Crippen LogP contribution is 2.26. The van der Waals surface area contributed by atoms with Gasteiger partial charge in [-0.25, -0.2) is 4.39 Å². The van der Waals surface area contributed by atoms with Crippen LogP contribution in [0.3, 0.4) is 0 Å². The van der Waals surface area contributed by atoms with Crippen molar-refractivity contribution in [1.29, 1.82) is 0 Å². The number of nitrogens with zero attached hydrogens (tertiary/aromatic N) is 1. The highest BCUT2D eigenvalue weighted by atomic mass is 19.1. The first-order valence-corrected chi connectivity index (χ1v) is 7.89. The van der Waals surface area contributed by atoms with Gasteiger partial charge in [0.25, 0.3) is 5.91 Å². The maximum atomic E-state index is 13.9. The van der Waals surface area contributed by atoms with Crippen molar-refractivity contribution in [3.63, 3.8) is 0 Å². The van der Waals surface area contributed by atoms with Gasteiger partial charge in [-0.1, -0.05) is 12.1 Å². The summed E-state index contributed by atoms with van der Waals surface area (Å²) in [7, 11) is 0. The van der Waals surface area contributed by atoms with Crippen molar-refractivity contribution in [3.05, 3.63) is 41.8 Å². The van der Waals surface area contributed by atoms with Gasteiger partial charge in [-0.05, 0) is 43.7 Å². The Kier molecular flexibility index (Phi) is 4.71. The Morgan fingerprint density at radius 2 is 2.04 bits per heavy atom. The van der Waals surface area contributed by atoms with E-state index in [0.717, 1.165) is 25.7 Å². The first-order valence-electron chi connectivity index (χ1n) is 7.89. The Morgan fingerprint density at radius 1 is 1.30 bits per heavy atom. The van der Waals surface area contributed by atoms with Crippen LogP contribution in [0.1, 0.15) is 36.0 Å². The zero-order valence-corrected chi connectivity index (χ0v) is 12.8. The first kappa shape index (κ1) is 15.7. The third kappa shape index (κ3) is 3.42. The Labute approximate surface area is 133 Å². The fraction of sp³-hybridized carbons (Fsp3) is 0.412. The van der Waals surface area contributed by atoms with Crippen molar-refractivity contribution in [2.75, 3.05) is 6.61 Å². The zero-order valence-electron chi connectivity index (χ0n) is 12.8. The van der Waals surface area contributed by atoms with Crippen LogP contribution in [0.5, 0.6) is 0 Å². The predicted octanol–water partition coefficient (Wildman–Crippen LogP) is 2.50. The lowest BCUT2D eigenvalue weighted by molar-refractivity contribution is 0.0914. The van der Waals surface area contributed by atoms with Crippen LogP contribution < -0.4 is 5.32 Å². The van der Waals surface area contributed by atoms with Crippen molar-refractivity contribution in [1.82, 2.24) is 15.5 Å². The van der Waals surface area contributed by atoms with Gasteiger partial charge in [0.2, 0.25) is 0 Å². The predicted molar refractivity (Wildman–Crippen MR) is 84.3 cm³/mol. The Balaban J connectivity index is 1.72. The number of hydrogen-bond acceptors (Lipinski definition) is 3. The topological polar surface area (TPSA) is 78.0 Å². The molecule has 1 aliphatic rings. The second-order valence-corrected chi connectivity index (χ2v) is 6.01. The van der Waals surface area contributed by atoms with Gasteiger partial charge in [-0.2, -0.15) is 5.10 Å². The number of rotatable bonds is 4. The molecule has 0 bridgehead atoms. The third-order valence-corrected chi connectivity index (χ3v) is 4.47. The monoisotopic (exact) mass is 317 g/mol. The van der Waals surface area contributed by atoms with E-state index >= 15 is 0 Å². The van der Waals surface area contributed by atoms with E-state index in [9.17, 15) is 9.18 Å². The van der Waals surface area contributed by atoms with E-state index in [4.69, 9.17) is 5.11 Å². The van der Waals surface area contributed by atoms with Crippen LogP contribution in [0.2, 0.25) is 0 Å². The summed E-state index contributed by atoms with van der Waals surface area (Å²) in [5, 5.41) is 18.8. The minimum atomic E-state index is -0.394. The van der Waals surface area contributed by atoms with Crippen molar-refractivity contribution >= 4 is 5.91 Å². The second kappa shape index (κ2) is 6.91. The van der Waals surface area contributed by atoms with Crippen molar-refractivity contribution in [3.8, 4) is 11.3 Å². The number of aliphatic hydroxyl groups excluding tert-OH is 1. The quantitative estimate of drug-likeness (QED) is 0.811. The minimum absolute atomic E-state index is 0.0914. The molecular formula is C17H20FN3O2. The summed E-state index contributed by atoms with van der Waals surface area (Å²) < 4.78 is 13.9. The van der Waals surface area contributed by atoms with Gasteiger partial charge in [0, 0.05) is 18.2 Å². The van der Waals surface area contributed by atoms with Gasteiger partial charge in [0.05, 0.1) is 17.5 Å². The molecule has 0 aliphatic heterocycles. The van der Waals surface area contributed by atoms with Crippen LogP contribution >= 0.6 is 0 Å². The van der Waals surface area contributed by atoms with Crippen LogP contribution in [-0.4, -0.2) is 33.9 Å². The van der Waals surface area contributed by atoms with E-state index in [1.54, 1.807) is 18.2 Å². The number of amides is 1. The summed E-state index contributed by atoms with van der Waals surface area (Å²) in [6, 6.07) is 6.39. The molecule has 6 heteroatoms. The van der Waals surface area contributed by atoms with Gasteiger partial charge >= 0.3 is 0 Å². The molecule has 5 nitrogen and oxygen atoms in total. The molecule has 3 rings (SSSR count). The van der Waals surface area contributed by atoms with Gasteiger partial charge in [0.1, 0.15) is 5.82 Å². The molecule has 3 N–H and O–H groups in total. The Hall–Kier alpha value is -2.21. The van der Waals surface area contributed by atoms with Crippen molar-refractivity contribution in [2.24, 2.45) is 5.92 Å². The molecule has 1 saturated carbocycles. The van der Waals surface area contributed by atoms with E-state index < -0.39 is 5.82 Å². The molecule has 1 aromatic heterocycles.